The van der Waals surface area contributed by atoms with E-state index in [1.54, 1.807) is 25.1 Å². The van der Waals surface area contributed by atoms with Crippen LogP contribution in [0, 0.1) is 6.92 Å². The number of nitrogens with two attached hydrogens (primary N) is 1. The summed E-state index contributed by atoms with van der Waals surface area (Å²) in [5, 5.41) is 0. The molecule has 0 saturated heterocycles. The molecule has 3 rings (SSSR count). The molecule has 0 spiro atoms. The Hall–Kier alpha value is -2.76. The number of pyridine rings is 2. The Kier molecular flexibility index (Phi) is 2.31. The van der Waals surface area contributed by atoms with Crippen molar-refractivity contribution < 1.29 is 9.59 Å². The zero-order chi connectivity index (χ0) is 13.6. The van der Waals surface area contributed by atoms with Gasteiger partial charge in [-0.25, -0.2) is 9.88 Å². The fourth-order valence-corrected chi connectivity index (χ4v) is 2.08. The average Bonchev–Trinajstić information content (AvgIpc) is 2.64. The van der Waals surface area contributed by atoms with Crippen LogP contribution in [0.4, 0.5) is 11.5 Å². The van der Waals surface area contributed by atoms with Gasteiger partial charge in [-0.1, -0.05) is 0 Å². The first-order valence-electron chi connectivity index (χ1n) is 5.65. The molecule has 2 aromatic rings. The van der Waals surface area contributed by atoms with Gasteiger partial charge in [-0.2, -0.15) is 0 Å². The SMILES string of the molecule is Cc1cc(N)cnc1N1C(=O)c2cccnc2C1=O. The number of anilines is 2. The van der Waals surface area contributed by atoms with E-state index in [4.69, 9.17) is 5.73 Å². The highest BCUT2D eigenvalue weighted by molar-refractivity contribution is 6.33. The summed E-state index contributed by atoms with van der Waals surface area (Å²) in [5.74, 6) is -0.573. The third-order valence-electron chi connectivity index (χ3n) is 2.93. The van der Waals surface area contributed by atoms with E-state index in [0.29, 0.717) is 22.6 Å². The third kappa shape index (κ3) is 1.57. The number of hydrogen-bond acceptors (Lipinski definition) is 5. The molecular formula is C13H10N4O2. The summed E-state index contributed by atoms with van der Waals surface area (Å²) in [4.78, 5) is 33.5. The summed E-state index contributed by atoms with van der Waals surface area (Å²) < 4.78 is 0. The van der Waals surface area contributed by atoms with Crippen LogP contribution >= 0.6 is 0 Å². The van der Waals surface area contributed by atoms with Crippen LogP contribution in [0.3, 0.4) is 0 Å². The molecule has 6 nitrogen and oxygen atoms in total. The van der Waals surface area contributed by atoms with Crippen molar-refractivity contribution in [2.75, 3.05) is 10.6 Å². The number of nitrogens with zero attached hydrogens (tertiary/aromatic N) is 3. The largest absolute Gasteiger partial charge is 0.397 e. The van der Waals surface area contributed by atoms with Crippen molar-refractivity contribution in [1.29, 1.82) is 0 Å². The molecule has 2 N–H and O–H groups in total. The van der Waals surface area contributed by atoms with E-state index in [9.17, 15) is 9.59 Å². The molecule has 0 atom stereocenters. The number of nitrogen functional groups attached to an aromatic ring is 1. The van der Waals surface area contributed by atoms with Crippen LogP contribution in [0.25, 0.3) is 0 Å². The van der Waals surface area contributed by atoms with E-state index in [1.165, 1.54) is 12.4 Å². The van der Waals surface area contributed by atoms with Gasteiger partial charge in [0.2, 0.25) is 0 Å². The van der Waals surface area contributed by atoms with Crippen LogP contribution in [-0.2, 0) is 0 Å². The molecule has 19 heavy (non-hydrogen) atoms. The average molecular weight is 254 g/mol. The number of fused-ring (bicyclic) bond motifs is 1. The summed E-state index contributed by atoms with van der Waals surface area (Å²) in [7, 11) is 0. The second-order valence-corrected chi connectivity index (χ2v) is 4.25. The maximum atomic E-state index is 12.2. The number of carbonyl (C=O) groups is 2. The minimum atomic E-state index is -0.457. The molecule has 3 heterocycles. The molecule has 0 aliphatic carbocycles. The molecule has 0 unspecified atom stereocenters. The second kappa shape index (κ2) is 3.88. The molecule has 2 amide bonds. The van der Waals surface area contributed by atoms with Gasteiger partial charge in [0.25, 0.3) is 11.8 Å². The number of imide groups is 1. The number of carbonyl (C=O) groups excluding carboxylic acids is 2. The van der Waals surface area contributed by atoms with E-state index in [2.05, 4.69) is 9.97 Å². The summed E-state index contributed by atoms with van der Waals surface area (Å²) in [6.07, 6.45) is 2.90. The monoisotopic (exact) mass is 254 g/mol. The first-order valence-corrected chi connectivity index (χ1v) is 5.65. The first-order chi connectivity index (χ1) is 9.09. The fraction of sp³-hybridized carbons (Fsp3) is 0.0769. The van der Waals surface area contributed by atoms with Gasteiger partial charge < -0.3 is 5.73 Å². The molecule has 0 fully saturated rings. The van der Waals surface area contributed by atoms with Crippen LogP contribution in [0.2, 0.25) is 0 Å². The van der Waals surface area contributed by atoms with E-state index >= 15 is 0 Å². The number of amides is 2. The normalized spacial score (nSPS) is 13.8. The highest BCUT2D eigenvalue weighted by Crippen LogP contribution is 2.28. The lowest BCUT2D eigenvalue weighted by Crippen LogP contribution is -2.31. The number of aryl methyl sites for hydroxylation is 1. The quantitative estimate of drug-likeness (QED) is 0.771. The van der Waals surface area contributed by atoms with E-state index in [1.807, 2.05) is 0 Å². The van der Waals surface area contributed by atoms with Crippen LogP contribution in [0.15, 0.2) is 30.6 Å². The lowest BCUT2D eigenvalue weighted by Gasteiger charge is -2.14. The Labute approximate surface area is 108 Å². The summed E-state index contributed by atoms with van der Waals surface area (Å²) >= 11 is 0. The van der Waals surface area contributed by atoms with Crippen molar-refractivity contribution in [3.63, 3.8) is 0 Å². The molecule has 1 aliphatic heterocycles. The van der Waals surface area contributed by atoms with Gasteiger partial charge in [-0.15, -0.1) is 0 Å². The minimum Gasteiger partial charge on any atom is -0.397 e. The predicted octanol–water partition coefficient (Wildman–Crippen LogP) is 1.17. The van der Waals surface area contributed by atoms with E-state index in [-0.39, 0.29) is 5.69 Å². The molecule has 0 saturated carbocycles. The fourth-order valence-electron chi connectivity index (χ4n) is 2.08. The van der Waals surface area contributed by atoms with Crippen LogP contribution < -0.4 is 10.6 Å². The Bertz CT molecular complexity index is 677. The van der Waals surface area contributed by atoms with Gasteiger partial charge in [-0.05, 0) is 30.7 Å². The summed E-state index contributed by atoms with van der Waals surface area (Å²) in [5.41, 5.74) is 7.22. The number of aromatic nitrogens is 2. The topological polar surface area (TPSA) is 89.2 Å². The molecule has 0 bridgehead atoms. The zero-order valence-electron chi connectivity index (χ0n) is 10.1. The van der Waals surface area contributed by atoms with Gasteiger partial charge in [0.15, 0.2) is 0 Å². The highest BCUT2D eigenvalue weighted by atomic mass is 16.2. The first kappa shape index (κ1) is 11.3. The van der Waals surface area contributed by atoms with Crippen molar-refractivity contribution in [3.8, 4) is 0 Å². The second-order valence-electron chi connectivity index (χ2n) is 4.25. The van der Waals surface area contributed by atoms with Gasteiger partial charge in [0, 0.05) is 6.20 Å². The predicted molar refractivity (Wildman–Crippen MR) is 68.8 cm³/mol. The van der Waals surface area contributed by atoms with Crippen LogP contribution in [0.1, 0.15) is 26.4 Å². The standard InChI is InChI=1S/C13H10N4O2/c1-7-5-8(14)6-16-11(7)17-12(18)9-3-2-4-15-10(9)13(17)19/h2-6H,14H2,1H3. The summed E-state index contributed by atoms with van der Waals surface area (Å²) in [6, 6.07) is 4.87. The molecular weight excluding hydrogens is 244 g/mol. The van der Waals surface area contributed by atoms with Crippen molar-refractivity contribution in [3.05, 3.63) is 47.4 Å². The number of hydrogen-bond donors (Lipinski definition) is 1. The molecule has 94 valence electrons. The Balaban J connectivity index is 2.14. The Morgan fingerprint density at radius 2 is 2.00 bits per heavy atom. The van der Waals surface area contributed by atoms with Crippen molar-refractivity contribution in [1.82, 2.24) is 9.97 Å². The van der Waals surface area contributed by atoms with Crippen molar-refractivity contribution in [2.45, 2.75) is 6.92 Å². The van der Waals surface area contributed by atoms with E-state index in [0.717, 1.165) is 4.90 Å². The molecule has 0 radical (unpaired) electrons. The van der Waals surface area contributed by atoms with Gasteiger partial charge >= 0.3 is 0 Å². The van der Waals surface area contributed by atoms with Gasteiger partial charge in [0.05, 0.1) is 17.4 Å². The van der Waals surface area contributed by atoms with Crippen LogP contribution in [-0.4, -0.2) is 21.8 Å². The van der Waals surface area contributed by atoms with Crippen molar-refractivity contribution >= 4 is 23.3 Å². The lowest BCUT2D eigenvalue weighted by atomic mass is 10.2. The highest BCUT2D eigenvalue weighted by Gasteiger charge is 2.39. The zero-order valence-corrected chi connectivity index (χ0v) is 10.1. The smallest absolute Gasteiger partial charge is 0.285 e. The summed E-state index contributed by atoms with van der Waals surface area (Å²) in [6.45, 7) is 1.75. The molecule has 0 aromatic carbocycles. The molecule has 2 aromatic heterocycles. The van der Waals surface area contributed by atoms with Gasteiger partial charge in [-0.3, -0.25) is 14.6 Å². The number of rotatable bonds is 1. The van der Waals surface area contributed by atoms with Crippen LogP contribution in [0.5, 0.6) is 0 Å². The maximum absolute atomic E-state index is 12.2. The maximum Gasteiger partial charge on any atom is 0.285 e. The Morgan fingerprint density at radius 3 is 2.68 bits per heavy atom. The Morgan fingerprint density at radius 1 is 1.21 bits per heavy atom. The van der Waals surface area contributed by atoms with Gasteiger partial charge in [0.1, 0.15) is 11.5 Å². The molecule has 6 heteroatoms. The lowest BCUT2D eigenvalue weighted by molar-refractivity contribution is 0.0923. The molecule has 1 aliphatic rings. The van der Waals surface area contributed by atoms with E-state index < -0.39 is 11.8 Å². The third-order valence-corrected chi connectivity index (χ3v) is 2.93. The van der Waals surface area contributed by atoms with Crippen molar-refractivity contribution in [2.24, 2.45) is 0 Å². The minimum absolute atomic E-state index is 0.158.